The normalized spacial score (nSPS) is 17.7. The number of carbonyl (C=O) groups is 2. The Balaban J connectivity index is 2.61. The highest BCUT2D eigenvalue weighted by Gasteiger charge is 2.28. The lowest BCUT2D eigenvalue weighted by Crippen LogP contribution is -2.48. The Kier molecular flexibility index (Phi) is 7.23. The van der Waals surface area contributed by atoms with Gasteiger partial charge in [0.2, 0.25) is 0 Å². The van der Waals surface area contributed by atoms with Gasteiger partial charge in [0.05, 0.1) is 0 Å². The zero-order valence-electron chi connectivity index (χ0n) is 12.1. The number of amides is 2. The van der Waals surface area contributed by atoms with E-state index in [-0.39, 0.29) is 17.9 Å². The zero-order chi connectivity index (χ0) is 14.3. The van der Waals surface area contributed by atoms with E-state index in [1.165, 1.54) is 0 Å². The predicted octanol–water partition coefficient (Wildman–Crippen LogP) is 0.408. The third-order valence-corrected chi connectivity index (χ3v) is 4.23. The number of hydrogen-bond donors (Lipinski definition) is 1. The van der Waals surface area contributed by atoms with Crippen LogP contribution in [0.2, 0.25) is 0 Å². The lowest BCUT2D eigenvalue weighted by molar-refractivity contribution is -0.152. The molecule has 1 aliphatic rings. The molecule has 0 aromatic carbocycles. The Labute approximate surface area is 120 Å². The molecule has 0 bridgehead atoms. The van der Waals surface area contributed by atoms with Crippen LogP contribution in [0.25, 0.3) is 0 Å². The predicted molar refractivity (Wildman–Crippen MR) is 79.3 cm³/mol. The molecule has 0 radical (unpaired) electrons. The standard InChI is InChI=1S/C13H25N3O2S/c1-4-11(10-19-3)15(2)12(17)13(18)16-8-5-6-14-7-9-16/h11,14H,4-10H2,1-3H3. The Bertz CT molecular complexity index is 304. The van der Waals surface area contributed by atoms with Gasteiger partial charge < -0.3 is 15.1 Å². The van der Waals surface area contributed by atoms with E-state index in [2.05, 4.69) is 5.32 Å². The highest BCUT2D eigenvalue weighted by Crippen LogP contribution is 2.10. The molecule has 1 saturated heterocycles. The summed E-state index contributed by atoms with van der Waals surface area (Å²) in [5.74, 6) is 0.140. The van der Waals surface area contributed by atoms with Gasteiger partial charge in [-0.25, -0.2) is 0 Å². The molecule has 1 aliphatic heterocycles. The van der Waals surface area contributed by atoms with Gasteiger partial charge >= 0.3 is 11.8 Å². The summed E-state index contributed by atoms with van der Waals surface area (Å²) in [7, 11) is 1.74. The van der Waals surface area contributed by atoms with Crippen LogP contribution in [-0.2, 0) is 9.59 Å². The fourth-order valence-corrected chi connectivity index (χ4v) is 3.04. The fourth-order valence-electron chi connectivity index (χ4n) is 2.20. The van der Waals surface area contributed by atoms with Crippen LogP contribution in [0.1, 0.15) is 19.8 Å². The summed E-state index contributed by atoms with van der Waals surface area (Å²) in [6.07, 6.45) is 3.80. The number of rotatable bonds is 4. The van der Waals surface area contributed by atoms with E-state index in [0.717, 1.165) is 31.7 Å². The molecule has 0 aliphatic carbocycles. The number of nitrogens with one attached hydrogen (secondary N) is 1. The van der Waals surface area contributed by atoms with Crippen molar-refractivity contribution in [3.63, 3.8) is 0 Å². The van der Waals surface area contributed by atoms with Crippen molar-refractivity contribution in [3.05, 3.63) is 0 Å². The van der Waals surface area contributed by atoms with Crippen LogP contribution in [0.15, 0.2) is 0 Å². The molecule has 19 heavy (non-hydrogen) atoms. The van der Waals surface area contributed by atoms with Gasteiger partial charge in [-0.3, -0.25) is 9.59 Å². The van der Waals surface area contributed by atoms with E-state index in [9.17, 15) is 9.59 Å². The molecule has 1 heterocycles. The van der Waals surface area contributed by atoms with Gasteiger partial charge in [0.15, 0.2) is 0 Å². The van der Waals surface area contributed by atoms with Crippen LogP contribution >= 0.6 is 11.8 Å². The first-order valence-corrected chi connectivity index (χ1v) is 8.26. The zero-order valence-corrected chi connectivity index (χ0v) is 13.0. The molecular weight excluding hydrogens is 262 g/mol. The molecule has 5 nitrogen and oxygen atoms in total. The Morgan fingerprint density at radius 1 is 1.37 bits per heavy atom. The molecule has 1 atom stereocenters. The first kappa shape index (κ1) is 16.3. The maximum Gasteiger partial charge on any atom is 0.312 e. The Morgan fingerprint density at radius 2 is 2.11 bits per heavy atom. The minimum atomic E-state index is -0.372. The van der Waals surface area contributed by atoms with Crippen LogP contribution in [0, 0.1) is 0 Å². The van der Waals surface area contributed by atoms with Crippen molar-refractivity contribution in [2.75, 3.05) is 45.2 Å². The van der Waals surface area contributed by atoms with Crippen LogP contribution < -0.4 is 5.32 Å². The molecule has 6 heteroatoms. The molecule has 1 N–H and O–H groups in total. The number of nitrogens with zero attached hydrogens (tertiary/aromatic N) is 2. The van der Waals surface area contributed by atoms with E-state index >= 15 is 0 Å². The molecule has 2 amide bonds. The Hall–Kier alpha value is -0.750. The first-order valence-electron chi connectivity index (χ1n) is 6.87. The monoisotopic (exact) mass is 287 g/mol. The van der Waals surface area contributed by atoms with Gasteiger partial charge in [-0.1, -0.05) is 6.92 Å². The van der Waals surface area contributed by atoms with Crippen LogP contribution in [-0.4, -0.2) is 72.9 Å². The van der Waals surface area contributed by atoms with Crippen molar-refractivity contribution < 1.29 is 9.59 Å². The summed E-state index contributed by atoms with van der Waals surface area (Å²) in [5.41, 5.74) is 0. The van der Waals surface area contributed by atoms with Gasteiger partial charge in [-0.15, -0.1) is 0 Å². The van der Waals surface area contributed by atoms with Crippen molar-refractivity contribution >= 4 is 23.6 Å². The van der Waals surface area contributed by atoms with Crippen molar-refractivity contribution in [2.24, 2.45) is 0 Å². The SMILES string of the molecule is CCC(CSC)N(C)C(=O)C(=O)N1CCCNCC1. The molecule has 110 valence electrons. The maximum atomic E-state index is 12.2. The van der Waals surface area contributed by atoms with Crippen LogP contribution in [0.3, 0.4) is 0 Å². The molecular formula is C13H25N3O2S. The molecule has 1 fully saturated rings. The van der Waals surface area contributed by atoms with Crippen LogP contribution in [0.5, 0.6) is 0 Å². The van der Waals surface area contributed by atoms with Gasteiger partial charge in [-0.2, -0.15) is 11.8 Å². The van der Waals surface area contributed by atoms with E-state index in [4.69, 9.17) is 0 Å². The van der Waals surface area contributed by atoms with Gasteiger partial charge in [0.1, 0.15) is 0 Å². The van der Waals surface area contributed by atoms with E-state index < -0.39 is 0 Å². The third-order valence-electron chi connectivity index (χ3n) is 3.51. The molecule has 0 aromatic heterocycles. The summed E-state index contributed by atoms with van der Waals surface area (Å²) >= 11 is 1.70. The minimum Gasteiger partial charge on any atom is -0.334 e. The molecule has 0 saturated carbocycles. The third kappa shape index (κ3) is 4.69. The second-order valence-corrected chi connectivity index (χ2v) is 5.74. The summed E-state index contributed by atoms with van der Waals surface area (Å²) in [4.78, 5) is 27.7. The Morgan fingerprint density at radius 3 is 2.74 bits per heavy atom. The summed E-state index contributed by atoms with van der Waals surface area (Å²) in [5, 5.41) is 3.23. The van der Waals surface area contributed by atoms with Crippen molar-refractivity contribution in [1.29, 1.82) is 0 Å². The van der Waals surface area contributed by atoms with Crippen LogP contribution in [0.4, 0.5) is 0 Å². The van der Waals surface area contributed by atoms with E-state index in [1.54, 1.807) is 28.6 Å². The van der Waals surface area contributed by atoms with Crippen molar-refractivity contribution in [2.45, 2.75) is 25.8 Å². The fraction of sp³-hybridized carbons (Fsp3) is 0.846. The number of likely N-dealkylation sites (N-methyl/N-ethyl adjacent to an activating group) is 1. The van der Waals surface area contributed by atoms with E-state index in [1.807, 2.05) is 13.2 Å². The maximum absolute atomic E-state index is 12.2. The second-order valence-electron chi connectivity index (χ2n) is 4.83. The van der Waals surface area contributed by atoms with Gasteiger partial charge in [0.25, 0.3) is 0 Å². The number of carbonyl (C=O) groups excluding carboxylic acids is 2. The second kappa shape index (κ2) is 8.43. The minimum absolute atomic E-state index is 0.136. The van der Waals surface area contributed by atoms with Gasteiger partial charge in [0, 0.05) is 38.5 Å². The molecule has 1 unspecified atom stereocenters. The van der Waals surface area contributed by atoms with Crippen molar-refractivity contribution in [3.8, 4) is 0 Å². The highest BCUT2D eigenvalue weighted by molar-refractivity contribution is 7.98. The summed E-state index contributed by atoms with van der Waals surface area (Å²) in [6.45, 7) is 5.02. The average molecular weight is 287 g/mol. The lowest BCUT2D eigenvalue weighted by atomic mass is 10.2. The molecule has 1 rings (SSSR count). The first-order chi connectivity index (χ1) is 9.11. The lowest BCUT2D eigenvalue weighted by Gasteiger charge is -2.28. The summed E-state index contributed by atoms with van der Waals surface area (Å²) < 4.78 is 0. The average Bonchev–Trinajstić information content (AvgIpc) is 2.71. The van der Waals surface area contributed by atoms with Gasteiger partial charge in [-0.05, 0) is 25.6 Å². The van der Waals surface area contributed by atoms with E-state index in [0.29, 0.717) is 13.1 Å². The highest BCUT2D eigenvalue weighted by atomic mass is 32.2. The molecule has 0 aromatic rings. The topological polar surface area (TPSA) is 52.7 Å². The quantitative estimate of drug-likeness (QED) is 0.761. The summed E-state index contributed by atoms with van der Waals surface area (Å²) in [6, 6.07) is 0.136. The number of thioether (sulfide) groups is 1. The largest absolute Gasteiger partial charge is 0.334 e. The molecule has 0 spiro atoms. The van der Waals surface area contributed by atoms with Crippen molar-refractivity contribution in [1.82, 2.24) is 15.1 Å². The number of hydrogen-bond acceptors (Lipinski definition) is 4. The smallest absolute Gasteiger partial charge is 0.312 e.